The Balaban J connectivity index is 2.52. The van der Waals surface area contributed by atoms with Crippen molar-refractivity contribution in [2.24, 2.45) is 0 Å². The Morgan fingerprint density at radius 1 is 1.37 bits per heavy atom. The van der Waals surface area contributed by atoms with Crippen molar-refractivity contribution in [3.8, 4) is 12.3 Å². The van der Waals surface area contributed by atoms with Crippen molar-refractivity contribution in [2.45, 2.75) is 6.92 Å². The lowest BCUT2D eigenvalue weighted by atomic mass is 10.2. The third kappa shape index (κ3) is 4.36. The van der Waals surface area contributed by atoms with E-state index in [4.69, 9.17) is 12.2 Å². The number of hydrogen-bond donors (Lipinski definition) is 2. The Morgan fingerprint density at radius 2 is 2.00 bits per heavy atom. The number of nitrogens with two attached hydrogens (primary N) is 1. The summed E-state index contributed by atoms with van der Waals surface area (Å²) in [7, 11) is 0. The zero-order chi connectivity index (χ0) is 14.3. The van der Waals surface area contributed by atoms with Gasteiger partial charge in [0.1, 0.15) is 0 Å². The molecule has 5 heteroatoms. The quantitative estimate of drug-likeness (QED) is 0.596. The maximum Gasteiger partial charge on any atom is 0.251 e. The van der Waals surface area contributed by atoms with E-state index in [1.165, 1.54) is 4.90 Å². The first-order chi connectivity index (χ1) is 9.08. The van der Waals surface area contributed by atoms with E-state index in [0.717, 1.165) is 0 Å². The van der Waals surface area contributed by atoms with Crippen molar-refractivity contribution in [3.05, 3.63) is 29.8 Å². The van der Waals surface area contributed by atoms with Crippen LogP contribution in [-0.4, -0.2) is 36.3 Å². The maximum atomic E-state index is 11.8. The molecule has 0 radical (unpaired) electrons. The molecule has 0 aliphatic heterocycles. The van der Waals surface area contributed by atoms with Crippen LogP contribution < -0.4 is 11.1 Å². The number of nitrogens with zero attached hydrogens (tertiary/aromatic N) is 1. The van der Waals surface area contributed by atoms with E-state index in [-0.39, 0.29) is 24.9 Å². The predicted octanol–water partition coefficient (Wildman–Crippen LogP) is 0.480. The zero-order valence-electron chi connectivity index (χ0n) is 10.8. The topological polar surface area (TPSA) is 75.4 Å². The van der Waals surface area contributed by atoms with Crippen molar-refractivity contribution in [1.82, 2.24) is 10.2 Å². The normalized spacial score (nSPS) is 9.47. The van der Waals surface area contributed by atoms with E-state index in [2.05, 4.69) is 11.2 Å². The molecule has 0 bridgehead atoms. The third-order valence-corrected chi connectivity index (χ3v) is 2.59. The van der Waals surface area contributed by atoms with Gasteiger partial charge in [0, 0.05) is 17.8 Å². The number of anilines is 1. The van der Waals surface area contributed by atoms with Gasteiger partial charge in [-0.3, -0.25) is 9.59 Å². The lowest BCUT2D eigenvalue weighted by Crippen LogP contribution is -2.40. The molecule has 0 atom stereocenters. The summed E-state index contributed by atoms with van der Waals surface area (Å²) in [5, 5.41) is 2.55. The largest absolute Gasteiger partial charge is 0.399 e. The fourth-order valence-electron chi connectivity index (χ4n) is 1.49. The SMILES string of the molecule is C#CCN(CC)C(=O)CNC(=O)c1ccc(N)cc1. The molecule has 19 heavy (non-hydrogen) atoms. The fraction of sp³-hybridized carbons (Fsp3) is 0.286. The van der Waals surface area contributed by atoms with Crippen molar-refractivity contribution in [2.75, 3.05) is 25.4 Å². The molecule has 0 heterocycles. The van der Waals surface area contributed by atoms with E-state index in [1.807, 2.05) is 6.92 Å². The molecule has 3 N–H and O–H groups in total. The Labute approximate surface area is 112 Å². The number of carbonyl (C=O) groups excluding carboxylic acids is 2. The minimum atomic E-state index is -0.315. The molecule has 2 amide bonds. The average Bonchev–Trinajstić information content (AvgIpc) is 2.42. The second-order valence-corrected chi connectivity index (χ2v) is 3.92. The first-order valence-corrected chi connectivity index (χ1v) is 5.93. The first-order valence-electron chi connectivity index (χ1n) is 5.93. The summed E-state index contributed by atoms with van der Waals surface area (Å²) in [5.74, 6) is 1.88. The van der Waals surface area contributed by atoms with Gasteiger partial charge in [-0.1, -0.05) is 5.92 Å². The highest BCUT2D eigenvalue weighted by atomic mass is 16.2. The molecule has 0 spiro atoms. The summed E-state index contributed by atoms with van der Waals surface area (Å²) >= 11 is 0. The summed E-state index contributed by atoms with van der Waals surface area (Å²) in [5.41, 5.74) is 6.57. The highest BCUT2D eigenvalue weighted by molar-refractivity contribution is 5.96. The molecule has 1 rings (SSSR count). The summed E-state index contributed by atoms with van der Waals surface area (Å²) in [6, 6.07) is 6.48. The van der Waals surface area contributed by atoms with Crippen LogP contribution >= 0.6 is 0 Å². The van der Waals surface area contributed by atoms with Crippen molar-refractivity contribution in [1.29, 1.82) is 0 Å². The van der Waals surface area contributed by atoms with Crippen molar-refractivity contribution >= 4 is 17.5 Å². The van der Waals surface area contributed by atoms with Gasteiger partial charge in [0.15, 0.2) is 0 Å². The molecule has 0 aliphatic carbocycles. The van der Waals surface area contributed by atoms with Crippen LogP contribution in [0.2, 0.25) is 0 Å². The summed E-state index contributed by atoms with van der Waals surface area (Å²) < 4.78 is 0. The molecule has 0 aromatic heterocycles. The van der Waals surface area contributed by atoms with Crippen LogP contribution in [0.15, 0.2) is 24.3 Å². The lowest BCUT2D eigenvalue weighted by Gasteiger charge is -2.18. The van der Waals surface area contributed by atoms with Gasteiger partial charge in [0.25, 0.3) is 5.91 Å². The van der Waals surface area contributed by atoms with Gasteiger partial charge in [-0.25, -0.2) is 0 Å². The van der Waals surface area contributed by atoms with E-state index in [9.17, 15) is 9.59 Å². The molecule has 1 aromatic rings. The fourth-order valence-corrected chi connectivity index (χ4v) is 1.49. The Bertz CT molecular complexity index is 488. The molecule has 0 saturated carbocycles. The molecule has 0 saturated heterocycles. The minimum absolute atomic E-state index is 0.0707. The second-order valence-electron chi connectivity index (χ2n) is 3.92. The molecule has 0 aliphatic rings. The van der Waals surface area contributed by atoms with E-state index in [0.29, 0.717) is 17.8 Å². The molecular weight excluding hydrogens is 242 g/mol. The molecule has 0 fully saturated rings. The summed E-state index contributed by atoms with van der Waals surface area (Å²) in [6.07, 6.45) is 5.16. The smallest absolute Gasteiger partial charge is 0.251 e. The molecule has 5 nitrogen and oxygen atoms in total. The molecule has 100 valence electrons. The van der Waals surface area contributed by atoms with Gasteiger partial charge in [-0.05, 0) is 31.2 Å². The zero-order valence-corrected chi connectivity index (χ0v) is 10.8. The molecular formula is C14H17N3O2. The highest BCUT2D eigenvalue weighted by Crippen LogP contribution is 2.04. The van der Waals surface area contributed by atoms with Gasteiger partial charge in [-0.2, -0.15) is 0 Å². The Kier molecular flexibility index (Phi) is 5.42. The number of hydrogen-bond acceptors (Lipinski definition) is 3. The van der Waals surface area contributed by atoms with E-state index < -0.39 is 0 Å². The summed E-state index contributed by atoms with van der Waals surface area (Å²) in [4.78, 5) is 25.0. The number of rotatable bonds is 5. The van der Waals surface area contributed by atoms with Crippen molar-refractivity contribution in [3.63, 3.8) is 0 Å². The van der Waals surface area contributed by atoms with Gasteiger partial charge in [0.05, 0.1) is 13.1 Å². The van der Waals surface area contributed by atoms with Crippen LogP contribution in [0.3, 0.4) is 0 Å². The monoisotopic (exact) mass is 259 g/mol. The molecule has 1 aromatic carbocycles. The Hall–Kier alpha value is -2.48. The number of terminal acetylenes is 1. The predicted molar refractivity (Wildman–Crippen MR) is 74.3 cm³/mol. The Morgan fingerprint density at radius 3 is 2.53 bits per heavy atom. The number of benzene rings is 1. The third-order valence-electron chi connectivity index (χ3n) is 2.59. The maximum absolute atomic E-state index is 11.8. The van der Waals surface area contributed by atoms with Crippen LogP contribution in [0, 0.1) is 12.3 Å². The first kappa shape index (κ1) is 14.6. The average molecular weight is 259 g/mol. The number of likely N-dealkylation sites (N-methyl/N-ethyl adjacent to an activating group) is 1. The van der Waals surface area contributed by atoms with Gasteiger partial charge in [0.2, 0.25) is 5.91 Å². The second kappa shape index (κ2) is 7.07. The van der Waals surface area contributed by atoms with E-state index in [1.54, 1.807) is 24.3 Å². The van der Waals surface area contributed by atoms with E-state index >= 15 is 0 Å². The summed E-state index contributed by atoms with van der Waals surface area (Å²) in [6.45, 7) is 2.52. The standard InChI is InChI=1S/C14H17N3O2/c1-3-9-17(4-2)13(18)10-16-14(19)11-5-7-12(15)8-6-11/h1,5-8H,4,9-10,15H2,2H3,(H,16,19). The van der Waals surface area contributed by atoms with Crippen molar-refractivity contribution < 1.29 is 9.59 Å². The number of amides is 2. The number of nitrogen functional groups attached to an aromatic ring is 1. The number of carbonyl (C=O) groups is 2. The minimum Gasteiger partial charge on any atom is -0.399 e. The number of nitrogens with one attached hydrogen (secondary N) is 1. The van der Waals surface area contributed by atoms with Gasteiger partial charge in [-0.15, -0.1) is 6.42 Å². The van der Waals surface area contributed by atoms with Gasteiger partial charge >= 0.3 is 0 Å². The van der Waals surface area contributed by atoms with Crippen LogP contribution in [-0.2, 0) is 4.79 Å². The van der Waals surface area contributed by atoms with Crippen LogP contribution in [0.25, 0.3) is 0 Å². The highest BCUT2D eigenvalue weighted by Gasteiger charge is 2.12. The van der Waals surface area contributed by atoms with Crippen LogP contribution in [0.5, 0.6) is 0 Å². The van der Waals surface area contributed by atoms with Crippen LogP contribution in [0.1, 0.15) is 17.3 Å². The van der Waals surface area contributed by atoms with Gasteiger partial charge < -0.3 is 16.0 Å². The lowest BCUT2D eigenvalue weighted by molar-refractivity contribution is -0.129. The van der Waals surface area contributed by atoms with Crippen LogP contribution in [0.4, 0.5) is 5.69 Å². The molecule has 0 unspecified atom stereocenters.